The molecule has 0 bridgehead atoms. The molecular formula is C14H10N2O2. The molecule has 18 heavy (non-hydrogen) atoms. The van der Waals surface area contributed by atoms with Gasteiger partial charge in [-0.15, -0.1) is 0 Å². The van der Waals surface area contributed by atoms with Crippen LogP contribution in [0.1, 0.15) is 21.8 Å². The topological polar surface area (TPSA) is 56.0 Å². The Hall–Kier alpha value is -2.49. The molecule has 88 valence electrons. The first kappa shape index (κ1) is 10.7. The fraction of sp³-hybridized carbons (Fsp3) is 0.0714. The van der Waals surface area contributed by atoms with E-state index in [1.807, 2.05) is 25.1 Å². The van der Waals surface area contributed by atoms with E-state index in [1.54, 1.807) is 6.07 Å². The molecule has 0 fully saturated rings. The van der Waals surface area contributed by atoms with Gasteiger partial charge in [-0.05, 0) is 25.1 Å². The first-order valence-corrected chi connectivity index (χ1v) is 5.55. The van der Waals surface area contributed by atoms with Crippen LogP contribution in [0, 0.1) is 6.92 Å². The van der Waals surface area contributed by atoms with Crippen molar-refractivity contribution in [2.45, 2.75) is 6.92 Å². The van der Waals surface area contributed by atoms with Crippen LogP contribution in [0.2, 0.25) is 0 Å². The van der Waals surface area contributed by atoms with Crippen molar-refractivity contribution in [2.75, 3.05) is 0 Å². The number of benzene rings is 1. The highest BCUT2D eigenvalue weighted by molar-refractivity contribution is 6.07. The van der Waals surface area contributed by atoms with Crippen LogP contribution in [0.5, 0.6) is 0 Å². The van der Waals surface area contributed by atoms with Crippen LogP contribution in [-0.2, 0) is 0 Å². The van der Waals surface area contributed by atoms with Gasteiger partial charge in [-0.25, -0.2) is 4.98 Å². The highest BCUT2D eigenvalue weighted by atomic mass is 16.3. The summed E-state index contributed by atoms with van der Waals surface area (Å²) in [6.07, 6.45) is 4.44. The molecular weight excluding hydrogens is 228 g/mol. The molecule has 0 aliphatic rings. The van der Waals surface area contributed by atoms with Crippen molar-refractivity contribution in [1.82, 2.24) is 9.97 Å². The number of aromatic nitrogens is 2. The lowest BCUT2D eigenvalue weighted by atomic mass is 10.1. The Morgan fingerprint density at radius 3 is 2.89 bits per heavy atom. The number of nitrogens with zero attached hydrogens (tertiary/aromatic N) is 2. The van der Waals surface area contributed by atoms with Gasteiger partial charge in [0.25, 0.3) is 0 Å². The SMILES string of the molecule is Cc1ccc2oc(C(=O)c3cnccn3)cc2c1. The van der Waals surface area contributed by atoms with Gasteiger partial charge in [0.05, 0.1) is 6.20 Å². The molecule has 4 nitrogen and oxygen atoms in total. The van der Waals surface area contributed by atoms with Gasteiger partial charge in [0.2, 0.25) is 5.78 Å². The van der Waals surface area contributed by atoms with Crippen molar-refractivity contribution in [1.29, 1.82) is 0 Å². The smallest absolute Gasteiger partial charge is 0.248 e. The summed E-state index contributed by atoms with van der Waals surface area (Å²) >= 11 is 0. The Morgan fingerprint density at radius 1 is 1.22 bits per heavy atom. The van der Waals surface area contributed by atoms with Crippen molar-refractivity contribution in [2.24, 2.45) is 0 Å². The van der Waals surface area contributed by atoms with Crippen LogP contribution >= 0.6 is 0 Å². The lowest BCUT2D eigenvalue weighted by Crippen LogP contribution is -2.02. The second-order valence-corrected chi connectivity index (χ2v) is 4.07. The minimum Gasteiger partial charge on any atom is -0.453 e. The van der Waals surface area contributed by atoms with Gasteiger partial charge in [0, 0.05) is 17.8 Å². The second kappa shape index (κ2) is 4.07. The number of rotatable bonds is 2. The summed E-state index contributed by atoms with van der Waals surface area (Å²) in [4.78, 5) is 19.9. The van der Waals surface area contributed by atoms with Crippen LogP contribution in [0.3, 0.4) is 0 Å². The van der Waals surface area contributed by atoms with E-state index in [4.69, 9.17) is 4.42 Å². The molecule has 0 aliphatic carbocycles. The first-order chi connectivity index (χ1) is 8.74. The van der Waals surface area contributed by atoms with Crippen LogP contribution in [0.25, 0.3) is 11.0 Å². The monoisotopic (exact) mass is 238 g/mol. The third-order valence-corrected chi connectivity index (χ3v) is 2.69. The molecule has 0 spiro atoms. The molecule has 3 aromatic rings. The second-order valence-electron chi connectivity index (χ2n) is 4.07. The van der Waals surface area contributed by atoms with Gasteiger partial charge in [-0.1, -0.05) is 11.6 Å². The average molecular weight is 238 g/mol. The summed E-state index contributed by atoms with van der Waals surface area (Å²) in [6, 6.07) is 7.52. The van der Waals surface area contributed by atoms with E-state index in [-0.39, 0.29) is 17.2 Å². The lowest BCUT2D eigenvalue weighted by Gasteiger charge is -1.93. The number of hydrogen-bond donors (Lipinski definition) is 0. The van der Waals surface area contributed by atoms with Crippen molar-refractivity contribution in [3.63, 3.8) is 0 Å². The predicted molar refractivity (Wildman–Crippen MR) is 66.4 cm³/mol. The Morgan fingerprint density at radius 2 is 2.11 bits per heavy atom. The third-order valence-electron chi connectivity index (χ3n) is 2.69. The summed E-state index contributed by atoms with van der Waals surface area (Å²) < 4.78 is 5.52. The normalized spacial score (nSPS) is 10.7. The summed E-state index contributed by atoms with van der Waals surface area (Å²) in [6.45, 7) is 2.00. The standard InChI is InChI=1S/C14H10N2O2/c1-9-2-3-12-10(6-9)7-13(18-12)14(17)11-8-15-4-5-16-11/h2-8H,1H3. The molecule has 0 unspecified atom stereocenters. The van der Waals surface area contributed by atoms with Crippen molar-refractivity contribution in [3.05, 3.63) is 59.9 Å². The van der Waals surface area contributed by atoms with Crippen molar-refractivity contribution >= 4 is 16.8 Å². The predicted octanol–water partition coefficient (Wildman–Crippen LogP) is 2.76. The largest absolute Gasteiger partial charge is 0.453 e. The van der Waals surface area contributed by atoms with E-state index >= 15 is 0 Å². The maximum Gasteiger partial charge on any atom is 0.248 e. The molecule has 0 radical (unpaired) electrons. The van der Waals surface area contributed by atoms with E-state index < -0.39 is 0 Å². The van der Waals surface area contributed by atoms with E-state index in [2.05, 4.69) is 9.97 Å². The molecule has 0 N–H and O–H groups in total. The Bertz CT molecular complexity index is 717. The van der Waals surface area contributed by atoms with E-state index in [0.29, 0.717) is 5.58 Å². The molecule has 2 heterocycles. The quantitative estimate of drug-likeness (QED) is 0.644. The molecule has 2 aromatic heterocycles. The number of furan rings is 1. The van der Waals surface area contributed by atoms with Crippen molar-refractivity contribution < 1.29 is 9.21 Å². The van der Waals surface area contributed by atoms with E-state index in [9.17, 15) is 4.79 Å². The third kappa shape index (κ3) is 1.78. The minimum absolute atomic E-state index is 0.253. The number of carbonyl (C=O) groups excluding carboxylic acids is 1. The van der Waals surface area contributed by atoms with Crippen LogP contribution in [0.15, 0.2) is 47.3 Å². The van der Waals surface area contributed by atoms with Gasteiger partial charge < -0.3 is 4.42 Å². The summed E-state index contributed by atoms with van der Waals surface area (Å²) in [5.74, 6) is 0.0352. The van der Waals surface area contributed by atoms with E-state index in [1.165, 1.54) is 18.6 Å². The van der Waals surface area contributed by atoms with E-state index in [0.717, 1.165) is 10.9 Å². The number of hydrogen-bond acceptors (Lipinski definition) is 4. The molecule has 0 saturated carbocycles. The molecule has 0 aliphatic heterocycles. The zero-order valence-electron chi connectivity index (χ0n) is 9.75. The summed E-state index contributed by atoms with van der Waals surface area (Å²) in [5.41, 5.74) is 2.11. The van der Waals surface area contributed by atoms with Gasteiger partial charge in [-0.2, -0.15) is 0 Å². The maximum atomic E-state index is 12.1. The van der Waals surface area contributed by atoms with Crippen LogP contribution in [0.4, 0.5) is 0 Å². The molecule has 4 heteroatoms. The highest BCUT2D eigenvalue weighted by Crippen LogP contribution is 2.21. The van der Waals surface area contributed by atoms with Gasteiger partial charge in [-0.3, -0.25) is 9.78 Å². The number of fused-ring (bicyclic) bond motifs is 1. The van der Waals surface area contributed by atoms with Crippen LogP contribution < -0.4 is 0 Å². The van der Waals surface area contributed by atoms with Gasteiger partial charge in [0.15, 0.2) is 5.76 Å². The highest BCUT2D eigenvalue weighted by Gasteiger charge is 2.15. The first-order valence-electron chi connectivity index (χ1n) is 5.55. The molecule has 0 saturated heterocycles. The Labute approximate surface area is 103 Å². The zero-order valence-corrected chi connectivity index (χ0v) is 9.75. The maximum absolute atomic E-state index is 12.1. The Kier molecular flexibility index (Phi) is 2.41. The lowest BCUT2D eigenvalue weighted by molar-refractivity contribution is 0.101. The zero-order chi connectivity index (χ0) is 12.5. The average Bonchev–Trinajstić information content (AvgIpc) is 2.81. The molecule has 0 amide bonds. The van der Waals surface area contributed by atoms with Gasteiger partial charge in [0.1, 0.15) is 11.3 Å². The minimum atomic E-state index is -0.253. The van der Waals surface area contributed by atoms with Gasteiger partial charge >= 0.3 is 0 Å². The fourth-order valence-corrected chi connectivity index (χ4v) is 1.82. The fourth-order valence-electron chi connectivity index (χ4n) is 1.82. The molecule has 1 aromatic carbocycles. The summed E-state index contributed by atoms with van der Waals surface area (Å²) in [5, 5.41) is 0.919. The number of carbonyl (C=O) groups is 1. The molecule has 3 rings (SSSR count). The number of ketones is 1. The van der Waals surface area contributed by atoms with Crippen LogP contribution in [-0.4, -0.2) is 15.8 Å². The van der Waals surface area contributed by atoms with Crippen molar-refractivity contribution in [3.8, 4) is 0 Å². The summed E-state index contributed by atoms with van der Waals surface area (Å²) in [7, 11) is 0. The Balaban J connectivity index is 2.07. The molecule has 0 atom stereocenters. The number of aryl methyl sites for hydroxylation is 1.